The van der Waals surface area contributed by atoms with E-state index in [4.69, 9.17) is 0 Å². The minimum Gasteiger partial charge on any atom is -0.298 e. The average Bonchev–Trinajstić information content (AvgIpc) is 2.28. The van der Waals surface area contributed by atoms with Crippen LogP contribution in [0, 0.1) is 0 Å². The Kier molecular flexibility index (Phi) is 4.58. The molecule has 2 nitrogen and oxygen atoms in total. The van der Waals surface area contributed by atoms with Crippen LogP contribution in [-0.4, -0.2) is 11.3 Å². The van der Waals surface area contributed by atoms with Crippen molar-refractivity contribution in [3.05, 3.63) is 53.1 Å². The summed E-state index contributed by atoms with van der Waals surface area (Å²) >= 11 is 0. The van der Waals surface area contributed by atoms with Crippen LogP contribution in [0.3, 0.4) is 0 Å². The number of halogens is 1. The first-order chi connectivity index (χ1) is 7.67. The van der Waals surface area contributed by atoms with E-state index in [1.807, 2.05) is 13.0 Å². The van der Waals surface area contributed by atoms with Crippen LogP contribution in [0.25, 0.3) is 0 Å². The topological polar surface area (TPSA) is 30.0 Å². The zero-order chi connectivity index (χ0) is 12.0. The summed E-state index contributed by atoms with van der Waals surface area (Å²) in [5.41, 5.74) is 2.23. The summed E-state index contributed by atoms with van der Waals surface area (Å²) in [6, 6.07) is 1.65. The molecule has 0 fully saturated rings. The van der Waals surface area contributed by atoms with Crippen LogP contribution in [0.4, 0.5) is 4.39 Å². The van der Waals surface area contributed by atoms with Gasteiger partial charge in [-0.15, -0.1) is 0 Å². The molecule has 0 atom stereocenters. The summed E-state index contributed by atoms with van der Waals surface area (Å²) < 4.78 is 12.8. The van der Waals surface area contributed by atoms with Gasteiger partial charge >= 0.3 is 0 Å². The standard InChI is InChI=1S/C13H14FNO/c1-3-11(6-10(2)14)7-13-8-15-5-4-12(13)9-16/h3-6,8-9H,7H2,1-2H3/b10-6+,11-3+. The second-order valence-corrected chi connectivity index (χ2v) is 3.46. The summed E-state index contributed by atoms with van der Waals surface area (Å²) in [4.78, 5) is 14.7. The van der Waals surface area contributed by atoms with Crippen molar-refractivity contribution in [3.8, 4) is 0 Å². The first-order valence-corrected chi connectivity index (χ1v) is 5.04. The molecule has 1 heterocycles. The molecule has 84 valence electrons. The van der Waals surface area contributed by atoms with E-state index < -0.39 is 0 Å². The number of pyridine rings is 1. The molecule has 1 aromatic rings. The van der Waals surface area contributed by atoms with Gasteiger partial charge in [-0.2, -0.15) is 0 Å². The molecule has 0 spiro atoms. The van der Waals surface area contributed by atoms with Crippen LogP contribution < -0.4 is 0 Å². The van der Waals surface area contributed by atoms with Crippen molar-refractivity contribution in [2.24, 2.45) is 0 Å². The van der Waals surface area contributed by atoms with Crippen LogP contribution in [0.2, 0.25) is 0 Å². The van der Waals surface area contributed by atoms with Crippen LogP contribution >= 0.6 is 0 Å². The molecule has 3 heteroatoms. The predicted octanol–water partition coefficient (Wildman–Crippen LogP) is 3.26. The van der Waals surface area contributed by atoms with E-state index in [9.17, 15) is 9.18 Å². The number of aromatic nitrogens is 1. The van der Waals surface area contributed by atoms with Crippen molar-refractivity contribution >= 4 is 6.29 Å². The van der Waals surface area contributed by atoms with E-state index in [1.54, 1.807) is 18.5 Å². The Morgan fingerprint density at radius 1 is 1.56 bits per heavy atom. The highest BCUT2D eigenvalue weighted by Gasteiger charge is 2.03. The van der Waals surface area contributed by atoms with Crippen molar-refractivity contribution in [2.45, 2.75) is 20.3 Å². The molecule has 0 radical (unpaired) electrons. The zero-order valence-corrected chi connectivity index (χ0v) is 9.40. The Morgan fingerprint density at radius 2 is 2.31 bits per heavy atom. The van der Waals surface area contributed by atoms with E-state index in [0.29, 0.717) is 12.0 Å². The third-order valence-corrected chi connectivity index (χ3v) is 2.22. The van der Waals surface area contributed by atoms with Gasteiger partial charge < -0.3 is 0 Å². The first-order valence-electron chi connectivity index (χ1n) is 5.04. The van der Waals surface area contributed by atoms with Crippen molar-refractivity contribution in [2.75, 3.05) is 0 Å². The van der Waals surface area contributed by atoms with E-state index in [-0.39, 0.29) is 5.83 Å². The van der Waals surface area contributed by atoms with Gasteiger partial charge in [0.15, 0.2) is 0 Å². The van der Waals surface area contributed by atoms with Gasteiger partial charge in [0.05, 0.1) is 5.83 Å². The summed E-state index contributed by atoms with van der Waals surface area (Å²) in [6.07, 6.45) is 7.79. The second-order valence-electron chi connectivity index (χ2n) is 3.46. The van der Waals surface area contributed by atoms with Crippen molar-refractivity contribution < 1.29 is 9.18 Å². The van der Waals surface area contributed by atoms with Crippen LogP contribution in [0.1, 0.15) is 29.8 Å². The van der Waals surface area contributed by atoms with Crippen molar-refractivity contribution in [1.29, 1.82) is 0 Å². The highest BCUT2D eigenvalue weighted by atomic mass is 19.1. The smallest absolute Gasteiger partial charge is 0.150 e. The number of carbonyl (C=O) groups excluding carboxylic acids is 1. The zero-order valence-electron chi connectivity index (χ0n) is 9.40. The van der Waals surface area contributed by atoms with E-state index >= 15 is 0 Å². The van der Waals surface area contributed by atoms with E-state index in [2.05, 4.69) is 4.98 Å². The SMILES string of the molecule is C/C=C(\C=C(/C)F)Cc1cnccc1C=O. The molecule has 0 aliphatic rings. The molecule has 0 aliphatic heterocycles. The van der Waals surface area contributed by atoms with Gasteiger partial charge in [-0.05, 0) is 43.5 Å². The molecule has 0 saturated heterocycles. The fraction of sp³-hybridized carbons (Fsp3) is 0.231. The van der Waals surface area contributed by atoms with Crippen LogP contribution in [0.5, 0.6) is 0 Å². The molecule has 0 bridgehead atoms. The number of nitrogens with zero attached hydrogens (tertiary/aromatic N) is 1. The molecule has 16 heavy (non-hydrogen) atoms. The molecule has 0 aromatic carbocycles. The minimum absolute atomic E-state index is 0.246. The van der Waals surface area contributed by atoms with Gasteiger partial charge in [0.25, 0.3) is 0 Å². The summed E-state index contributed by atoms with van der Waals surface area (Å²) in [7, 11) is 0. The van der Waals surface area contributed by atoms with E-state index in [0.717, 1.165) is 17.4 Å². The predicted molar refractivity (Wildman–Crippen MR) is 62.0 cm³/mol. The quantitative estimate of drug-likeness (QED) is 0.574. The van der Waals surface area contributed by atoms with Gasteiger partial charge in [0.1, 0.15) is 6.29 Å². The normalized spacial score (nSPS) is 12.7. The fourth-order valence-electron chi connectivity index (χ4n) is 1.41. The molecule has 0 aliphatic carbocycles. The molecular weight excluding hydrogens is 205 g/mol. The number of hydrogen-bond donors (Lipinski definition) is 0. The van der Waals surface area contributed by atoms with Gasteiger partial charge in [-0.3, -0.25) is 9.78 Å². The average molecular weight is 219 g/mol. The molecule has 1 rings (SSSR count). The third kappa shape index (κ3) is 3.42. The lowest BCUT2D eigenvalue weighted by atomic mass is 10.0. The highest BCUT2D eigenvalue weighted by molar-refractivity contribution is 5.77. The largest absolute Gasteiger partial charge is 0.298 e. The number of allylic oxidation sites excluding steroid dienone is 4. The lowest BCUT2D eigenvalue weighted by Gasteiger charge is -2.04. The van der Waals surface area contributed by atoms with Gasteiger partial charge in [0, 0.05) is 18.0 Å². The van der Waals surface area contributed by atoms with Crippen molar-refractivity contribution in [1.82, 2.24) is 4.98 Å². The number of hydrogen-bond acceptors (Lipinski definition) is 2. The van der Waals surface area contributed by atoms with Gasteiger partial charge in [-0.1, -0.05) is 6.08 Å². The van der Waals surface area contributed by atoms with Gasteiger partial charge in [0.2, 0.25) is 0 Å². The Balaban J connectivity index is 2.95. The van der Waals surface area contributed by atoms with Crippen molar-refractivity contribution in [3.63, 3.8) is 0 Å². The lowest BCUT2D eigenvalue weighted by Crippen LogP contribution is -1.95. The minimum atomic E-state index is -0.246. The van der Waals surface area contributed by atoms with Crippen LogP contribution in [-0.2, 0) is 6.42 Å². The Bertz CT molecular complexity index is 431. The monoisotopic (exact) mass is 219 g/mol. The van der Waals surface area contributed by atoms with Gasteiger partial charge in [-0.25, -0.2) is 4.39 Å². The Morgan fingerprint density at radius 3 is 2.88 bits per heavy atom. The summed E-state index contributed by atoms with van der Waals surface area (Å²) in [5, 5.41) is 0. The molecule has 1 aromatic heterocycles. The molecule has 0 amide bonds. The molecule has 0 saturated carbocycles. The molecular formula is C13H14FNO. The maximum atomic E-state index is 12.8. The summed E-state index contributed by atoms with van der Waals surface area (Å²) in [5.74, 6) is -0.246. The van der Waals surface area contributed by atoms with E-state index in [1.165, 1.54) is 13.0 Å². The number of aldehydes is 1. The highest BCUT2D eigenvalue weighted by Crippen LogP contribution is 2.13. The lowest BCUT2D eigenvalue weighted by molar-refractivity contribution is 0.112. The fourth-order valence-corrected chi connectivity index (χ4v) is 1.41. The molecule has 0 N–H and O–H groups in total. The van der Waals surface area contributed by atoms with Crippen LogP contribution in [0.15, 0.2) is 42.0 Å². The first kappa shape index (κ1) is 12.3. The Hall–Kier alpha value is -1.77. The third-order valence-electron chi connectivity index (χ3n) is 2.22. The number of rotatable bonds is 4. The maximum absolute atomic E-state index is 12.8. The molecule has 0 unspecified atom stereocenters. The summed E-state index contributed by atoms with van der Waals surface area (Å²) in [6.45, 7) is 3.24. The second kappa shape index (κ2) is 5.95. The number of carbonyl (C=O) groups is 1. The Labute approximate surface area is 94.5 Å². The maximum Gasteiger partial charge on any atom is 0.150 e.